The molecule has 3 aliphatic rings. The Morgan fingerprint density at radius 3 is 2.72 bits per heavy atom. The van der Waals surface area contributed by atoms with Crippen LogP contribution in [0.2, 0.25) is 0 Å². The predicted molar refractivity (Wildman–Crippen MR) is 85.0 cm³/mol. The molecule has 3 nitrogen and oxygen atoms in total. The predicted octanol–water partition coefficient (Wildman–Crippen LogP) is 3.38. The highest BCUT2D eigenvalue weighted by Gasteiger charge is 2.43. The normalized spacial score (nSPS) is 43.6. The van der Waals surface area contributed by atoms with Gasteiger partial charge in [0.2, 0.25) is 0 Å². The fraction of sp³-hybridized carbons (Fsp3) is 0.769. The number of allylic oxidation sites excluding steroid dienone is 1. The highest BCUT2D eigenvalue weighted by atomic mass is 127. The summed E-state index contributed by atoms with van der Waals surface area (Å²) < 4.78 is 12.9. The van der Waals surface area contributed by atoms with Gasteiger partial charge in [0.25, 0.3) is 0 Å². The Hall–Kier alpha value is 0.470. The van der Waals surface area contributed by atoms with Gasteiger partial charge >= 0.3 is 5.97 Å². The van der Waals surface area contributed by atoms with E-state index in [0.717, 1.165) is 28.6 Å². The van der Waals surface area contributed by atoms with Crippen molar-refractivity contribution in [1.29, 1.82) is 0 Å². The van der Waals surface area contributed by atoms with E-state index in [1.807, 2.05) is 0 Å². The number of hydrogen-bond acceptors (Lipinski definition) is 3. The lowest BCUT2D eigenvalue weighted by Crippen LogP contribution is -2.30. The van der Waals surface area contributed by atoms with Crippen LogP contribution in [0.25, 0.3) is 0 Å². The Morgan fingerprint density at radius 1 is 1.22 bits per heavy atom. The van der Waals surface area contributed by atoms with Gasteiger partial charge in [-0.1, -0.05) is 51.6 Å². The van der Waals surface area contributed by atoms with E-state index in [1.165, 1.54) is 19.3 Å². The van der Waals surface area contributed by atoms with Crippen molar-refractivity contribution in [2.24, 2.45) is 5.92 Å². The van der Waals surface area contributed by atoms with Crippen LogP contribution in [0.15, 0.2) is 11.3 Å². The monoisotopic (exact) mass is 474 g/mol. The molecular weight excluding hydrogens is 458 g/mol. The second-order valence-electron chi connectivity index (χ2n) is 5.28. The molecule has 2 saturated heterocycles. The molecule has 0 aromatic carbocycles. The highest BCUT2D eigenvalue weighted by molar-refractivity contribution is 14.1. The van der Waals surface area contributed by atoms with Gasteiger partial charge in [-0.25, -0.2) is 4.79 Å². The number of fused-ring (bicyclic) bond motifs is 1. The summed E-state index contributed by atoms with van der Waals surface area (Å²) in [6.07, 6.45) is 5.85. The maximum absolute atomic E-state index is 11.9. The molecule has 3 fully saturated rings. The van der Waals surface area contributed by atoms with E-state index in [4.69, 9.17) is 9.47 Å². The SMILES string of the molecule is O=C1OC(CI)C/C1=C1/CC2CCCC(I)C2O1. The maximum Gasteiger partial charge on any atom is 0.337 e. The van der Waals surface area contributed by atoms with Crippen LogP contribution in [0.4, 0.5) is 0 Å². The van der Waals surface area contributed by atoms with Crippen LogP contribution in [0, 0.1) is 5.92 Å². The minimum atomic E-state index is -0.143. The molecule has 2 aliphatic heterocycles. The first-order valence-electron chi connectivity index (χ1n) is 6.48. The van der Waals surface area contributed by atoms with Gasteiger partial charge in [0.1, 0.15) is 18.0 Å². The van der Waals surface area contributed by atoms with Crippen molar-refractivity contribution in [1.82, 2.24) is 0 Å². The first-order chi connectivity index (χ1) is 8.69. The van der Waals surface area contributed by atoms with E-state index in [9.17, 15) is 4.79 Å². The molecule has 1 aliphatic carbocycles. The Morgan fingerprint density at radius 2 is 2.06 bits per heavy atom. The Bertz CT molecular complexity index is 394. The van der Waals surface area contributed by atoms with E-state index in [-0.39, 0.29) is 12.1 Å². The number of halogens is 2. The molecule has 4 unspecified atom stereocenters. The van der Waals surface area contributed by atoms with Gasteiger partial charge < -0.3 is 9.47 Å². The van der Waals surface area contributed by atoms with Crippen molar-refractivity contribution in [3.8, 4) is 0 Å². The summed E-state index contributed by atoms with van der Waals surface area (Å²) >= 11 is 4.77. The molecule has 0 amide bonds. The molecule has 1 saturated carbocycles. The maximum atomic E-state index is 11.9. The summed E-state index contributed by atoms with van der Waals surface area (Å²) in [5, 5.41) is 0. The van der Waals surface area contributed by atoms with Crippen LogP contribution in [0.3, 0.4) is 0 Å². The number of rotatable bonds is 1. The number of cyclic esters (lactones) is 1. The number of carbonyl (C=O) groups excluding carboxylic acids is 1. The zero-order valence-electron chi connectivity index (χ0n) is 10.0. The van der Waals surface area contributed by atoms with Gasteiger partial charge in [-0.2, -0.15) is 0 Å². The van der Waals surface area contributed by atoms with Crippen molar-refractivity contribution in [3.63, 3.8) is 0 Å². The van der Waals surface area contributed by atoms with Gasteiger partial charge in [0, 0.05) is 27.1 Å². The highest BCUT2D eigenvalue weighted by Crippen LogP contribution is 2.44. The van der Waals surface area contributed by atoms with E-state index >= 15 is 0 Å². The largest absolute Gasteiger partial charge is 0.493 e. The third-order valence-electron chi connectivity index (χ3n) is 4.06. The standard InChI is InChI=1S/C13H16I2O3/c14-6-8-5-9(13(16)17-8)11-4-7-2-1-3-10(15)12(7)18-11/h7-8,10,12H,1-6H2/b11-9+. The van der Waals surface area contributed by atoms with Crippen molar-refractivity contribution in [3.05, 3.63) is 11.3 Å². The smallest absolute Gasteiger partial charge is 0.337 e. The second-order valence-corrected chi connectivity index (χ2v) is 7.76. The van der Waals surface area contributed by atoms with E-state index in [1.54, 1.807) is 0 Å². The van der Waals surface area contributed by atoms with Crippen LogP contribution in [-0.4, -0.2) is 26.5 Å². The quantitative estimate of drug-likeness (QED) is 0.253. The second kappa shape index (κ2) is 5.46. The first kappa shape index (κ1) is 13.5. The van der Waals surface area contributed by atoms with Crippen molar-refractivity contribution in [2.75, 3.05) is 4.43 Å². The molecule has 18 heavy (non-hydrogen) atoms. The topological polar surface area (TPSA) is 35.5 Å². The van der Waals surface area contributed by atoms with Crippen LogP contribution in [0.1, 0.15) is 32.1 Å². The summed E-state index contributed by atoms with van der Waals surface area (Å²) in [6.45, 7) is 0. The summed E-state index contributed by atoms with van der Waals surface area (Å²) in [5.74, 6) is 1.41. The Balaban J connectivity index is 1.80. The number of ether oxygens (including phenoxy) is 2. The van der Waals surface area contributed by atoms with Crippen LogP contribution >= 0.6 is 45.2 Å². The molecule has 0 aromatic rings. The van der Waals surface area contributed by atoms with Gasteiger partial charge in [-0.3, -0.25) is 0 Å². The first-order valence-corrected chi connectivity index (χ1v) is 9.26. The summed E-state index contributed by atoms with van der Waals surface area (Å²) in [7, 11) is 0. The molecule has 0 spiro atoms. The molecule has 0 bridgehead atoms. The minimum absolute atomic E-state index is 0.0576. The minimum Gasteiger partial charge on any atom is -0.493 e. The molecule has 0 N–H and O–H groups in total. The Kier molecular flexibility index (Phi) is 4.08. The van der Waals surface area contributed by atoms with Crippen LogP contribution in [-0.2, 0) is 14.3 Å². The summed E-state index contributed by atoms with van der Waals surface area (Å²) in [5.41, 5.74) is 0.815. The van der Waals surface area contributed by atoms with Crippen molar-refractivity contribution in [2.45, 2.75) is 48.2 Å². The molecule has 4 atom stereocenters. The van der Waals surface area contributed by atoms with E-state index < -0.39 is 0 Å². The van der Waals surface area contributed by atoms with Crippen LogP contribution in [0.5, 0.6) is 0 Å². The fourth-order valence-corrected chi connectivity index (χ4v) is 4.79. The van der Waals surface area contributed by atoms with E-state index in [0.29, 0.717) is 15.9 Å². The number of esters is 1. The van der Waals surface area contributed by atoms with E-state index in [2.05, 4.69) is 45.2 Å². The van der Waals surface area contributed by atoms with Crippen LogP contribution < -0.4 is 0 Å². The average molecular weight is 474 g/mol. The summed E-state index contributed by atoms with van der Waals surface area (Å²) in [4.78, 5) is 11.9. The van der Waals surface area contributed by atoms with Gasteiger partial charge in [0.05, 0.1) is 5.57 Å². The van der Waals surface area contributed by atoms with Gasteiger partial charge in [0.15, 0.2) is 0 Å². The van der Waals surface area contributed by atoms with Crippen molar-refractivity contribution < 1.29 is 14.3 Å². The summed E-state index contributed by atoms with van der Waals surface area (Å²) in [6, 6.07) is 0. The molecule has 0 aromatic heterocycles. The number of carbonyl (C=O) groups is 1. The zero-order valence-corrected chi connectivity index (χ0v) is 14.3. The fourth-order valence-electron chi connectivity index (χ4n) is 3.12. The lowest BCUT2D eigenvalue weighted by molar-refractivity contribution is -0.138. The van der Waals surface area contributed by atoms with Gasteiger partial charge in [-0.05, 0) is 12.8 Å². The molecule has 100 valence electrons. The van der Waals surface area contributed by atoms with Gasteiger partial charge in [-0.15, -0.1) is 0 Å². The van der Waals surface area contributed by atoms with Crippen molar-refractivity contribution >= 4 is 51.2 Å². The zero-order chi connectivity index (χ0) is 12.7. The number of alkyl halides is 2. The Labute approximate surface area is 134 Å². The third kappa shape index (κ3) is 2.41. The average Bonchev–Trinajstić information content (AvgIpc) is 2.93. The molecule has 0 radical (unpaired) electrons. The molecule has 5 heteroatoms. The molecule has 2 heterocycles. The number of hydrogen-bond donors (Lipinski definition) is 0. The lowest BCUT2D eigenvalue weighted by Gasteiger charge is -2.28. The third-order valence-corrected chi connectivity index (χ3v) is 6.38. The molecular formula is C13H16I2O3. The lowest BCUT2D eigenvalue weighted by atomic mass is 9.85. The molecule has 3 rings (SSSR count).